The highest BCUT2D eigenvalue weighted by Gasteiger charge is 2.17. The fraction of sp³-hybridized carbons (Fsp3) is 0.474. The molecule has 5 nitrogen and oxygen atoms in total. The SMILES string of the molecule is CCOc1ccc(-c2nc(C(=O)N(C)CCC(N)C(C)C)cs2)cc1.Cl.Cl. The Morgan fingerprint density at radius 1 is 1.26 bits per heavy atom. The van der Waals surface area contributed by atoms with Gasteiger partial charge in [-0.05, 0) is 43.5 Å². The molecule has 1 unspecified atom stereocenters. The van der Waals surface area contributed by atoms with Gasteiger partial charge >= 0.3 is 0 Å². The van der Waals surface area contributed by atoms with Gasteiger partial charge < -0.3 is 15.4 Å². The van der Waals surface area contributed by atoms with E-state index in [1.165, 1.54) is 11.3 Å². The highest BCUT2D eigenvalue weighted by molar-refractivity contribution is 7.13. The number of halogens is 2. The lowest BCUT2D eigenvalue weighted by molar-refractivity contribution is 0.0784. The predicted molar refractivity (Wildman–Crippen MR) is 118 cm³/mol. The summed E-state index contributed by atoms with van der Waals surface area (Å²) in [4.78, 5) is 18.7. The van der Waals surface area contributed by atoms with Crippen molar-refractivity contribution in [2.24, 2.45) is 11.7 Å². The zero-order chi connectivity index (χ0) is 18.4. The first-order chi connectivity index (χ1) is 11.9. The molecule has 152 valence electrons. The van der Waals surface area contributed by atoms with E-state index in [1.54, 1.807) is 11.9 Å². The van der Waals surface area contributed by atoms with E-state index < -0.39 is 0 Å². The molecule has 0 spiro atoms. The van der Waals surface area contributed by atoms with Gasteiger partial charge in [0, 0.05) is 30.6 Å². The van der Waals surface area contributed by atoms with E-state index in [9.17, 15) is 4.79 Å². The first-order valence-electron chi connectivity index (χ1n) is 8.62. The number of carbonyl (C=O) groups excluding carboxylic acids is 1. The Labute approximate surface area is 178 Å². The molecule has 1 aromatic carbocycles. The van der Waals surface area contributed by atoms with Gasteiger partial charge in [-0.15, -0.1) is 36.2 Å². The fourth-order valence-corrected chi connectivity index (χ4v) is 3.14. The fourth-order valence-electron chi connectivity index (χ4n) is 2.34. The maximum Gasteiger partial charge on any atom is 0.273 e. The van der Waals surface area contributed by atoms with Crippen LogP contribution in [0.3, 0.4) is 0 Å². The Hall–Kier alpha value is -1.34. The van der Waals surface area contributed by atoms with Gasteiger partial charge in [-0.25, -0.2) is 4.98 Å². The molecule has 1 aromatic heterocycles. The Morgan fingerprint density at radius 3 is 2.44 bits per heavy atom. The second kappa shape index (κ2) is 12.2. The molecule has 0 radical (unpaired) electrons. The number of thiazole rings is 1. The Morgan fingerprint density at radius 2 is 1.89 bits per heavy atom. The second-order valence-electron chi connectivity index (χ2n) is 6.42. The first kappa shape index (κ1) is 25.7. The molecule has 8 heteroatoms. The number of benzene rings is 1. The molecule has 0 aliphatic heterocycles. The number of hydrogen-bond acceptors (Lipinski definition) is 5. The van der Waals surface area contributed by atoms with Crippen molar-refractivity contribution in [1.82, 2.24) is 9.88 Å². The highest BCUT2D eigenvalue weighted by atomic mass is 35.5. The van der Waals surface area contributed by atoms with Gasteiger partial charge in [0.1, 0.15) is 16.5 Å². The van der Waals surface area contributed by atoms with Crippen molar-refractivity contribution in [3.05, 3.63) is 35.3 Å². The van der Waals surface area contributed by atoms with Crippen LogP contribution >= 0.6 is 36.2 Å². The van der Waals surface area contributed by atoms with Gasteiger partial charge in [0.15, 0.2) is 0 Å². The van der Waals surface area contributed by atoms with Crippen LogP contribution in [-0.4, -0.2) is 42.0 Å². The third kappa shape index (κ3) is 7.30. The van der Waals surface area contributed by atoms with Crippen molar-refractivity contribution in [2.45, 2.75) is 33.2 Å². The van der Waals surface area contributed by atoms with E-state index >= 15 is 0 Å². The van der Waals surface area contributed by atoms with Crippen molar-refractivity contribution < 1.29 is 9.53 Å². The molecular weight excluding hydrogens is 405 g/mol. The summed E-state index contributed by atoms with van der Waals surface area (Å²) in [5.74, 6) is 1.18. The summed E-state index contributed by atoms with van der Waals surface area (Å²) in [6.07, 6.45) is 0.787. The van der Waals surface area contributed by atoms with E-state index in [0.29, 0.717) is 24.8 Å². The minimum absolute atomic E-state index is 0. The monoisotopic (exact) mass is 433 g/mol. The zero-order valence-electron chi connectivity index (χ0n) is 16.2. The summed E-state index contributed by atoms with van der Waals surface area (Å²) in [5, 5.41) is 2.64. The molecule has 0 saturated heterocycles. The molecule has 0 bridgehead atoms. The average molecular weight is 434 g/mol. The molecule has 0 fully saturated rings. The summed E-state index contributed by atoms with van der Waals surface area (Å²) in [6.45, 7) is 7.42. The van der Waals surface area contributed by atoms with Crippen LogP contribution in [-0.2, 0) is 0 Å². The minimum atomic E-state index is -0.0654. The number of hydrogen-bond donors (Lipinski definition) is 1. The number of rotatable bonds is 8. The Balaban J connectivity index is 0.00000338. The van der Waals surface area contributed by atoms with Gasteiger partial charge in [0.05, 0.1) is 6.61 Å². The number of ether oxygens (including phenoxy) is 1. The lowest BCUT2D eigenvalue weighted by Crippen LogP contribution is -2.34. The smallest absolute Gasteiger partial charge is 0.273 e. The Bertz CT molecular complexity index is 693. The minimum Gasteiger partial charge on any atom is -0.494 e. The van der Waals surface area contributed by atoms with E-state index in [1.807, 2.05) is 36.6 Å². The molecule has 0 aliphatic rings. The van der Waals surface area contributed by atoms with E-state index in [-0.39, 0.29) is 36.8 Å². The van der Waals surface area contributed by atoms with Crippen molar-refractivity contribution in [1.29, 1.82) is 0 Å². The average Bonchev–Trinajstić information content (AvgIpc) is 3.09. The number of nitrogens with two attached hydrogens (primary N) is 1. The molecule has 2 aromatic rings. The summed E-state index contributed by atoms with van der Waals surface area (Å²) in [6, 6.07) is 7.86. The van der Waals surface area contributed by atoms with Crippen LogP contribution in [0.15, 0.2) is 29.6 Å². The first-order valence-corrected chi connectivity index (χ1v) is 9.50. The topological polar surface area (TPSA) is 68.5 Å². The molecule has 1 heterocycles. The second-order valence-corrected chi connectivity index (χ2v) is 7.28. The van der Waals surface area contributed by atoms with Crippen LogP contribution in [0.5, 0.6) is 5.75 Å². The van der Waals surface area contributed by atoms with Crippen LogP contribution in [0.4, 0.5) is 0 Å². The lowest BCUT2D eigenvalue weighted by Gasteiger charge is -2.20. The number of nitrogens with zero attached hydrogens (tertiary/aromatic N) is 2. The van der Waals surface area contributed by atoms with Crippen LogP contribution in [0.25, 0.3) is 10.6 Å². The van der Waals surface area contributed by atoms with Gasteiger partial charge in [-0.2, -0.15) is 0 Å². The molecule has 2 N–H and O–H groups in total. The standard InChI is InChI=1S/C19H27N3O2S.2ClH/c1-5-24-15-8-6-14(7-9-15)18-21-17(12-25-18)19(23)22(4)11-10-16(20)13(2)3;;/h6-9,12-13,16H,5,10-11,20H2,1-4H3;2*1H. The maximum atomic E-state index is 12.5. The third-order valence-corrected chi connectivity index (χ3v) is 5.03. The molecule has 2 rings (SSSR count). The molecular formula is C19H29Cl2N3O2S. The lowest BCUT2D eigenvalue weighted by atomic mass is 10.0. The van der Waals surface area contributed by atoms with Crippen LogP contribution in [0.1, 0.15) is 37.7 Å². The summed E-state index contributed by atoms with van der Waals surface area (Å²) >= 11 is 1.47. The quantitative estimate of drug-likeness (QED) is 0.665. The molecule has 1 atom stereocenters. The van der Waals surface area contributed by atoms with Gasteiger partial charge in [-0.3, -0.25) is 4.79 Å². The maximum absolute atomic E-state index is 12.5. The van der Waals surface area contributed by atoms with Gasteiger partial charge in [-0.1, -0.05) is 13.8 Å². The predicted octanol–water partition coefficient (Wildman–Crippen LogP) is 4.50. The van der Waals surface area contributed by atoms with E-state index in [2.05, 4.69) is 18.8 Å². The molecule has 0 saturated carbocycles. The van der Waals surface area contributed by atoms with Crippen LogP contribution in [0.2, 0.25) is 0 Å². The largest absolute Gasteiger partial charge is 0.494 e. The third-order valence-electron chi connectivity index (χ3n) is 4.14. The van der Waals surface area contributed by atoms with Crippen molar-refractivity contribution in [3.63, 3.8) is 0 Å². The van der Waals surface area contributed by atoms with E-state index in [0.717, 1.165) is 22.7 Å². The molecule has 0 aliphatic carbocycles. The van der Waals surface area contributed by atoms with Crippen molar-refractivity contribution in [3.8, 4) is 16.3 Å². The zero-order valence-corrected chi connectivity index (χ0v) is 18.6. The molecule has 27 heavy (non-hydrogen) atoms. The number of carbonyl (C=O) groups is 1. The van der Waals surface area contributed by atoms with Crippen molar-refractivity contribution >= 4 is 42.1 Å². The van der Waals surface area contributed by atoms with E-state index in [4.69, 9.17) is 10.5 Å². The summed E-state index contributed by atoms with van der Waals surface area (Å²) < 4.78 is 5.45. The van der Waals surface area contributed by atoms with Crippen LogP contribution in [0, 0.1) is 5.92 Å². The number of amides is 1. The summed E-state index contributed by atoms with van der Waals surface area (Å²) in [5.41, 5.74) is 7.52. The summed E-state index contributed by atoms with van der Waals surface area (Å²) in [7, 11) is 1.80. The molecule has 1 amide bonds. The van der Waals surface area contributed by atoms with Crippen LogP contribution < -0.4 is 10.5 Å². The normalized spacial score (nSPS) is 11.3. The Kier molecular flexibility index (Phi) is 11.6. The highest BCUT2D eigenvalue weighted by Crippen LogP contribution is 2.26. The van der Waals surface area contributed by atoms with Gasteiger partial charge in [0.2, 0.25) is 0 Å². The van der Waals surface area contributed by atoms with Crippen molar-refractivity contribution in [2.75, 3.05) is 20.2 Å². The van der Waals surface area contributed by atoms with Gasteiger partial charge in [0.25, 0.3) is 5.91 Å². The number of aromatic nitrogens is 1.